The Hall–Kier alpha value is -0.450. The van der Waals surface area contributed by atoms with Crippen molar-refractivity contribution in [2.45, 2.75) is 12.7 Å². The minimum Gasteiger partial charge on any atom is -0.368 e. The van der Waals surface area contributed by atoms with Gasteiger partial charge in [0.25, 0.3) is 0 Å². The molecule has 0 aliphatic carbocycles. The Morgan fingerprint density at radius 1 is 1.67 bits per heavy atom. The number of rotatable bonds is 2. The first-order valence-corrected chi connectivity index (χ1v) is 3.41. The maximum atomic E-state index is 8.45. The molecule has 1 rings (SSSR count). The van der Waals surface area contributed by atoms with Gasteiger partial charge in [-0.1, -0.05) is 0 Å². The van der Waals surface area contributed by atoms with Crippen molar-refractivity contribution in [3.05, 3.63) is 16.6 Å². The molecule has 0 aromatic carbocycles. The van der Waals surface area contributed by atoms with Gasteiger partial charge in [-0.2, -0.15) is 0 Å². The third-order valence-corrected chi connectivity index (χ3v) is 1.64. The van der Waals surface area contributed by atoms with Crippen molar-refractivity contribution in [3.63, 3.8) is 0 Å². The fourth-order valence-corrected chi connectivity index (χ4v) is 1.16. The van der Waals surface area contributed by atoms with E-state index >= 15 is 0 Å². The molecule has 1 heterocycles. The van der Waals surface area contributed by atoms with Gasteiger partial charge in [-0.15, -0.1) is 11.3 Å². The number of aliphatic hydroxyl groups is 2. The highest BCUT2D eigenvalue weighted by atomic mass is 32.1. The maximum Gasteiger partial charge on any atom is 0.157 e. The molecule has 0 fully saturated rings. The van der Waals surface area contributed by atoms with E-state index in [-0.39, 0.29) is 6.42 Å². The van der Waals surface area contributed by atoms with Gasteiger partial charge in [0, 0.05) is 11.6 Å². The molecule has 3 nitrogen and oxygen atoms in total. The zero-order valence-electron chi connectivity index (χ0n) is 4.69. The van der Waals surface area contributed by atoms with Crippen molar-refractivity contribution in [2.75, 3.05) is 0 Å². The quantitative estimate of drug-likeness (QED) is 0.576. The van der Waals surface area contributed by atoms with E-state index < -0.39 is 6.29 Å². The molecular formula is C5H7NO2S. The topological polar surface area (TPSA) is 53.4 Å². The molecular weight excluding hydrogens is 138 g/mol. The summed E-state index contributed by atoms with van der Waals surface area (Å²) in [5, 5.41) is 19.5. The first kappa shape index (κ1) is 6.67. The second-order valence-corrected chi connectivity index (χ2v) is 2.59. The molecule has 0 saturated heterocycles. The summed E-state index contributed by atoms with van der Waals surface area (Å²) in [4.78, 5) is 3.85. The summed E-state index contributed by atoms with van der Waals surface area (Å²) in [6.07, 6.45) is 0.608. The zero-order chi connectivity index (χ0) is 6.69. The van der Waals surface area contributed by atoms with E-state index in [0.717, 1.165) is 5.01 Å². The molecule has 0 aliphatic heterocycles. The van der Waals surface area contributed by atoms with Crippen LogP contribution in [-0.2, 0) is 6.42 Å². The van der Waals surface area contributed by atoms with Crippen LogP contribution in [0.5, 0.6) is 0 Å². The molecule has 0 bridgehead atoms. The number of aliphatic hydroxyl groups excluding tert-OH is 1. The van der Waals surface area contributed by atoms with Crippen molar-refractivity contribution >= 4 is 11.3 Å². The van der Waals surface area contributed by atoms with Crippen LogP contribution in [0.4, 0.5) is 0 Å². The molecule has 2 N–H and O–H groups in total. The lowest BCUT2D eigenvalue weighted by molar-refractivity contribution is -0.0381. The van der Waals surface area contributed by atoms with E-state index in [9.17, 15) is 0 Å². The second-order valence-electron chi connectivity index (χ2n) is 1.61. The lowest BCUT2D eigenvalue weighted by atomic mass is 10.4. The van der Waals surface area contributed by atoms with E-state index in [2.05, 4.69) is 4.98 Å². The Labute approximate surface area is 56.6 Å². The van der Waals surface area contributed by atoms with Gasteiger partial charge in [0.05, 0.1) is 11.4 Å². The Kier molecular flexibility index (Phi) is 2.16. The van der Waals surface area contributed by atoms with E-state index in [0.29, 0.717) is 0 Å². The lowest BCUT2D eigenvalue weighted by Gasteiger charge is -1.96. The number of hydrogen-bond acceptors (Lipinski definition) is 4. The molecule has 0 saturated carbocycles. The largest absolute Gasteiger partial charge is 0.368 e. The van der Waals surface area contributed by atoms with Crippen LogP contribution in [0.3, 0.4) is 0 Å². The van der Waals surface area contributed by atoms with Gasteiger partial charge in [0.15, 0.2) is 6.29 Å². The standard InChI is InChI=1S/C5H7NO2S/c7-5(8)3-4-6-1-2-9-4/h1-2,5,7-8H,3H2. The monoisotopic (exact) mass is 145 g/mol. The van der Waals surface area contributed by atoms with Crippen LogP contribution in [0.25, 0.3) is 0 Å². The molecule has 4 heteroatoms. The van der Waals surface area contributed by atoms with Crippen molar-refractivity contribution in [2.24, 2.45) is 0 Å². The third-order valence-electron chi connectivity index (χ3n) is 0.841. The highest BCUT2D eigenvalue weighted by molar-refractivity contribution is 7.09. The van der Waals surface area contributed by atoms with Crippen LogP contribution < -0.4 is 0 Å². The van der Waals surface area contributed by atoms with Gasteiger partial charge in [0.2, 0.25) is 0 Å². The number of nitrogens with zero attached hydrogens (tertiary/aromatic N) is 1. The smallest absolute Gasteiger partial charge is 0.157 e. The summed E-state index contributed by atoms with van der Waals surface area (Å²) in [5.74, 6) is 0. The summed E-state index contributed by atoms with van der Waals surface area (Å²) < 4.78 is 0. The molecule has 0 unspecified atom stereocenters. The Bertz CT molecular complexity index is 161. The summed E-state index contributed by atoms with van der Waals surface area (Å²) in [7, 11) is 0. The van der Waals surface area contributed by atoms with Gasteiger partial charge >= 0.3 is 0 Å². The summed E-state index contributed by atoms with van der Waals surface area (Å²) in [5.41, 5.74) is 0. The lowest BCUT2D eigenvalue weighted by Crippen LogP contribution is -2.07. The number of hydrogen-bond donors (Lipinski definition) is 2. The van der Waals surface area contributed by atoms with Crippen LogP contribution in [0, 0.1) is 0 Å². The van der Waals surface area contributed by atoms with E-state index in [1.54, 1.807) is 11.6 Å². The minimum atomic E-state index is -1.27. The molecule has 0 amide bonds. The van der Waals surface area contributed by atoms with Crippen molar-refractivity contribution in [1.29, 1.82) is 0 Å². The fraction of sp³-hybridized carbons (Fsp3) is 0.400. The average molecular weight is 145 g/mol. The molecule has 0 spiro atoms. The molecule has 9 heavy (non-hydrogen) atoms. The Morgan fingerprint density at radius 3 is 2.89 bits per heavy atom. The van der Waals surface area contributed by atoms with Crippen LogP contribution in [0.1, 0.15) is 5.01 Å². The highest BCUT2D eigenvalue weighted by Crippen LogP contribution is 2.05. The molecule has 1 aromatic rings. The van der Waals surface area contributed by atoms with Crippen molar-refractivity contribution in [1.82, 2.24) is 4.98 Å². The predicted octanol–water partition coefficient (Wildman–Crippen LogP) is -0.00370. The van der Waals surface area contributed by atoms with Gasteiger partial charge < -0.3 is 10.2 Å². The van der Waals surface area contributed by atoms with Crippen molar-refractivity contribution < 1.29 is 10.2 Å². The predicted molar refractivity (Wildman–Crippen MR) is 34.0 cm³/mol. The fourth-order valence-electron chi connectivity index (χ4n) is 0.510. The van der Waals surface area contributed by atoms with Crippen LogP contribution in [0.2, 0.25) is 0 Å². The third kappa shape index (κ3) is 2.09. The van der Waals surface area contributed by atoms with Crippen molar-refractivity contribution in [3.8, 4) is 0 Å². The SMILES string of the molecule is OC(O)Cc1nccs1. The first-order chi connectivity index (χ1) is 4.29. The van der Waals surface area contributed by atoms with Crippen LogP contribution >= 0.6 is 11.3 Å². The normalized spacial score (nSPS) is 10.6. The highest BCUT2D eigenvalue weighted by Gasteiger charge is 2.00. The summed E-state index contributed by atoms with van der Waals surface area (Å²) >= 11 is 1.42. The van der Waals surface area contributed by atoms with Gasteiger partial charge in [-0.05, 0) is 0 Å². The average Bonchev–Trinajstić information content (AvgIpc) is 2.15. The molecule has 0 radical (unpaired) electrons. The minimum absolute atomic E-state index is 0.234. The summed E-state index contributed by atoms with van der Waals surface area (Å²) in [6, 6.07) is 0. The van der Waals surface area contributed by atoms with E-state index in [1.165, 1.54) is 11.3 Å². The molecule has 50 valence electrons. The molecule has 0 atom stereocenters. The van der Waals surface area contributed by atoms with Crippen LogP contribution in [0.15, 0.2) is 11.6 Å². The molecule has 0 aliphatic rings. The second kappa shape index (κ2) is 2.91. The van der Waals surface area contributed by atoms with Gasteiger partial charge in [-0.25, -0.2) is 4.98 Å². The van der Waals surface area contributed by atoms with Gasteiger partial charge in [0.1, 0.15) is 0 Å². The van der Waals surface area contributed by atoms with Crippen LogP contribution in [-0.4, -0.2) is 21.5 Å². The first-order valence-electron chi connectivity index (χ1n) is 2.53. The zero-order valence-corrected chi connectivity index (χ0v) is 5.51. The van der Waals surface area contributed by atoms with E-state index in [1.807, 2.05) is 0 Å². The Morgan fingerprint density at radius 2 is 2.44 bits per heavy atom. The summed E-state index contributed by atoms with van der Waals surface area (Å²) in [6.45, 7) is 0. The molecule has 1 aromatic heterocycles. The Balaban J connectivity index is 2.48. The maximum absolute atomic E-state index is 8.45. The number of thiazole rings is 1. The number of aromatic nitrogens is 1. The van der Waals surface area contributed by atoms with Gasteiger partial charge in [-0.3, -0.25) is 0 Å². The van der Waals surface area contributed by atoms with E-state index in [4.69, 9.17) is 10.2 Å².